The molecule has 0 bridgehead atoms. The largest absolute Gasteiger partial charge is 1.00 e. The third-order valence-electron chi connectivity index (χ3n) is 7.67. The summed E-state index contributed by atoms with van der Waals surface area (Å²) in [5.41, 5.74) is 16.7. The summed E-state index contributed by atoms with van der Waals surface area (Å²) in [7, 11) is 0. The van der Waals surface area contributed by atoms with Gasteiger partial charge in [-0.05, 0) is 70.0 Å². The summed E-state index contributed by atoms with van der Waals surface area (Å²) in [6.45, 7) is 5.45. The Kier molecular flexibility index (Phi) is 28.9. The molecule has 2 amide bonds. The maximum Gasteiger partial charge on any atom is 1.00 e. The number of phenols is 1. The van der Waals surface area contributed by atoms with Crippen LogP contribution in [0, 0.1) is 0 Å². The quantitative estimate of drug-likeness (QED) is 0.0711. The molecule has 4 heterocycles. The van der Waals surface area contributed by atoms with Crippen LogP contribution >= 0.6 is 94.2 Å². The smallest absolute Gasteiger partial charge is 1.00 e. The van der Waals surface area contributed by atoms with Gasteiger partial charge in [0.05, 0.1) is 87.0 Å². The molecule has 5 N–H and O–H groups in total. The molecule has 2 aromatic heterocycles. The van der Waals surface area contributed by atoms with Crippen molar-refractivity contribution in [2.75, 3.05) is 48.4 Å². The van der Waals surface area contributed by atoms with E-state index in [1.54, 1.807) is 36.9 Å². The molecule has 0 unspecified atom stereocenters. The Labute approximate surface area is 483 Å². The van der Waals surface area contributed by atoms with E-state index in [0.29, 0.717) is 103 Å². The van der Waals surface area contributed by atoms with Crippen molar-refractivity contribution < 1.29 is 148 Å². The van der Waals surface area contributed by atoms with Crippen molar-refractivity contribution in [3.05, 3.63) is 65.8 Å². The van der Waals surface area contributed by atoms with Crippen molar-refractivity contribution in [3.8, 4) is 34.0 Å². The van der Waals surface area contributed by atoms with Crippen molar-refractivity contribution in [1.29, 1.82) is 0 Å². The number of hydrogen-bond acceptors (Lipinski definition) is 15. The van der Waals surface area contributed by atoms with E-state index in [1.807, 2.05) is 0 Å². The number of carbonyl (C=O) groups is 3. The molecule has 4 aromatic rings. The summed E-state index contributed by atoms with van der Waals surface area (Å²) in [6, 6.07) is 6.58. The van der Waals surface area contributed by atoms with E-state index in [1.165, 1.54) is 11.0 Å². The summed E-state index contributed by atoms with van der Waals surface area (Å²) in [4.78, 5) is 55.5. The Morgan fingerprint density at radius 2 is 1.25 bits per heavy atom. The number of halogens is 7. The van der Waals surface area contributed by atoms with Gasteiger partial charge in [-0.3, -0.25) is 14.6 Å². The number of phenolic OH excluding ortho intramolecular Hbond substituents is 1. The van der Waals surface area contributed by atoms with Gasteiger partial charge < -0.3 is 42.4 Å². The van der Waals surface area contributed by atoms with Gasteiger partial charge in [-0.2, -0.15) is 0 Å². The molecule has 0 spiro atoms. The van der Waals surface area contributed by atoms with Crippen molar-refractivity contribution >= 4 is 125 Å². The van der Waals surface area contributed by atoms with E-state index in [9.17, 15) is 14.7 Å². The first-order valence-electron chi connectivity index (χ1n) is 17.0. The molecule has 17 nitrogen and oxygen atoms in total. The predicted molar refractivity (Wildman–Crippen MR) is 232 cm³/mol. The number of ether oxygens (including phenoxy) is 3. The van der Waals surface area contributed by atoms with Gasteiger partial charge in [0.15, 0.2) is 0 Å². The number of aromatic nitrogens is 4. The molecule has 322 valence electrons. The number of hydrogen-bond donors (Lipinski definition) is 3. The maximum atomic E-state index is 12.1. The minimum atomic E-state index is -0.426. The zero-order valence-corrected chi connectivity index (χ0v) is 47.2. The molecular formula is C35H37Br3Cl4K2N8O9. The topological polar surface area (TPSA) is 242 Å². The Morgan fingerprint density at radius 3 is 1.64 bits per heavy atom. The molecular weight excluding hydrogens is 1140 g/mol. The summed E-state index contributed by atoms with van der Waals surface area (Å²) >= 11 is 33.4. The Morgan fingerprint density at radius 1 is 0.820 bits per heavy atom. The number of alkyl halides is 3. The van der Waals surface area contributed by atoms with Crippen molar-refractivity contribution in [2.45, 2.75) is 40.0 Å². The Hall–Kier alpha value is -0.357. The normalized spacial score (nSPS) is 11.6. The minimum Gasteiger partial charge on any atom is -1.00 e. The number of benzene rings is 2. The van der Waals surface area contributed by atoms with Gasteiger partial charge in [-0.15, -0.1) is 23.2 Å². The van der Waals surface area contributed by atoms with E-state index in [4.69, 9.17) is 82.1 Å². The fourth-order valence-electron chi connectivity index (χ4n) is 5.37. The van der Waals surface area contributed by atoms with Gasteiger partial charge in [-0.25, -0.2) is 29.5 Å². The average molecular weight is 1170 g/mol. The zero-order valence-electron chi connectivity index (χ0n) is 34.2. The van der Waals surface area contributed by atoms with E-state index in [0.717, 1.165) is 16.5 Å². The molecule has 0 saturated carbocycles. The number of nitrogen functional groups attached to an aromatic ring is 2. The number of carbonyl (C=O) groups excluding carboxylic acids is 3. The van der Waals surface area contributed by atoms with Crippen molar-refractivity contribution in [3.63, 3.8) is 0 Å². The van der Waals surface area contributed by atoms with Crippen LogP contribution in [0.4, 0.5) is 21.5 Å². The molecule has 0 saturated heterocycles. The third-order valence-corrected chi connectivity index (χ3v) is 10.7. The van der Waals surface area contributed by atoms with Crippen LogP contribution in [0.25, 0.3) is 22.5 Å². The molecule has 0 aliphatic carbocycles. The van der Waals surface area contributed by atoms with Crippen LogP contribution in [-0.2, 0) is 45.3 Å². The molecule has 6 rings (SSSR count). The van der Waals surface area contributed by atoms with Crippen LogP contribution in [0.2, 0.25) is 10.0 Å². The standard InChI is InChI=1S/C17H17BrCl2N4O3.C15H14BrClN4O3.C2H4BrCl.CH2O3.2K.H/c1-2-26-17(25)24-7-10-13(8-24)22-16(21)23-15(10)9-5-14(27-4-3-19)11(18)6-12(9)20;1-2-24-15(23)21-5-8-11(6-21)19-14(18)20-13(8)7-3-12(22)9(16)4-10(7)17;3-1-2-4;2-1-4-3;;;/h5-6H,2-4,7-8H2,1H3,(H2,21,22,23);3-4,22H,2,5-6H2,1H3,(H2,18,19,20);1-2H2;1,3H;;;/q;;;;2*+1;-1/p-1. The second kappa shape index (κ2) is 30.0. The monoisotopic (exact) mass is 1170 g/mol. The first kappa shape index (κ1) is 58.7. The average Bonchev–Trinajstić information content (AvgIpc) is 3.84. The second-order valence-corrected chi connectivity index (χ2v) is 15.5. The van der Waals surface area contributed by atoms with E-state index in [2.05, 4.69) is 72.6 Å². The summed E-state index contributed by atoms with van der Waals surface area (Å²) in [5, 5.41) is 20.1. The van der Waals surface area contributed by atoms with Crippen LogP contribution in [0.3, 0.4) is 0 Å². The van der Waals surface area contributed by atoms with E-state index >= 15 is 0 Å². The van der Waals surface area contributed by atoms with Crippen molar-refractivity contribution in [1.82, 2.24) is 29.7 Å². The van der Waals surface area contributed by atoms with Gasteiger partial charge in [0.25, 0.3) is 6.47 Å². The molecule has 2 aliphatic heterocycles. The maximum absolute atomic E-state index is 12.1. The molecule has 0 fully saturated rings. The summed E-state index contributed by atoms with van der Waals surface area (Å²) in [5.74, 6) is 1.86. The molecule has 0 atom stereocenters. The fourth-order valence-corrected chi connectivity index (χ4v) is 7.02. The molecule has 2 aliphatic rings. The van der Waals surface area contributed by atoms with E-state index in [-0.39, 0.29) is 141 Å². The number of aromatic hydroxyl groups is 1. The van der Waals surface area contributed by atoms with E-state index < -0.39 is 12.2 Å². The SMILES string of the molecule is CCOC(=O)N1Cc2nc(N)nc(-c3cc(O)c(Br)cc3Cl)c2C1.CCOC(=O)N1Cc2nc(N)nc(-c3cc(OCCCl)c(Br)cc3Cl)c2C1.ClCCBr.O=CO[O-].[H-].[K+].[K+]. The van der Waals surface area contributed by atoms with Crippen LogP contribution in [0.15, 0.2) is 33.2 Å². The third kappa shape index (κ3) is 17.1. The van der Waals surface area contributed by atoms with Gasteiger partial charge in [-0.1, -0.05) is 39.1 Å². The molecule has 26 heteroatoms. The first-order chi connectivity index (χ1) is 28.2. The fraction of sp³-hybridized carbons (Fsp3) is 0.343. The van der Waals surface area contributed by atoms with Crippen LogP contribution < -0.4 is 124 Å². The number of fused-ring (bicyclic) bond motifs is 2. The Bertz CT molecular complexity index is 2130. The summed E-state index contributed by atoms with van der Waals surface area (Å²) < 4.78 is 16.9. The summed E-state index contributed by atoms with van der Waals surface area (Å²) in [6.07, 6.45) is -0.835. The van der Waals surface area contributed by atoms with Crippen molar-refractivity contribution in [2.24, 2.45) is 0 Å². The number of nitrogens with zero attached hydrogens (tertiary/aromatic N) is 6. The van der Waals surface area contributed by atoms with Crippen LogP contribution in [-0.4, -0.2) is 90.4 Å². The number of rotatable bonds is 9. The number of amides is 2. The first-order valence-corrected chi connectivity index (χ1v) is 21.6. The number of anilines is 2. The molecule has 2 aromatic carbocycles. The van der Waals surface area contributed by atoms with Gasteiger partial charge in [0.1, 0.15) is 18.1 Å². The Balaban J connectivity index is 0.000000986. The van der Waals surface area contributed by atoms with Crippen LogP contribution in [0.5, 0.6) is 11.5 Å². The van der Waals surface area contributed by atoms with Gasteiger partial charge in [0, 0.05) is 33.5 Å². The molecule has 61 heavy (non-hydrogen) atoms. The van der Waals surface area contributed by atoms with Gasteiger partial charge in [0.2, 0.25) is 11.9 Å². The van der Waals surface area contributed by atoms with Gasteiger partial charge >= 0.3 is 115 Å². The molecule has 0 radical (unpaired) electrons. The van der Waals surface area contributed by atoms with Crippen LogP contribution in [0.1, 0.15) is 37.8 Å². The number of nitrogens with two attached hydrogens (primary N) is 2. The minimum absolute atomic E-state index is 0. The predicted octanol–water partition coefficient (Wildman–Crippen LogP) is 1.73. The second-order valence-electron chi connectivity index (χ2n) is 11.5. The zero-order chi connectivity index (χ0) is 43.8.